The first-order valence-electron chi connectivity index (χ1n) is 10.3. The zero-order valence-corrected chi connectivity index (χ0v) is 17.3. The molecule has 3 aromatic rings. The fraction of sp³-hybridized carbons (Fsp3) is 0.185. The van der Waals surface area contributed by atoms with Gasteiger partial charge in [0.2, 0.25) is 0 Å². The van der Waals surface area contributed by atoms with Crippen LogP contribution in [0.25, 0.3) is 11.3 Å². The molecule has 0 bridgehead atoms. The molecular weight excluding hydrogens is 370 g/mol. The predicted molar refractivity (Wildman–Crippen MR) is 122 cm³/mol. The van der Waals surface area contributed by atoms with Crippen LogP contribution in [0.1, 0.15) is 28.3 Å². The monoisotopic (exact) mass is 395 g/mol. The Balaban J connectivity index is 1.68. The fourth-order valence-corrected chi connectivity index (χ4v) is 4.54. The van der Waals surface area contributed by atoms with Gasteiger partial charge in [0.15, 0.2) is 11.5 Å². The number of benzene rings is 3. The molecule has 0 N–H and O–H groups in total. The van der Waals surface area contributed by atoms with Gasteiger partial charge >= 0.3 is 0 Å². The number of fused-ring (bicyclic) bond motifs is 3. The van der Waals surface area contributed by atoms with E-state index in [2.05, 4.69) is 89.8 Å². The van der Waals surface area contributed by atoms with Gasteiger partial charge in [0.1, 0.15) is 0 Å². The summed E-state index contributed by atoms with van der Waals surface area (Å²) in [5, 5.41) is 0. The molecule has 0 saturated heterocycles. The highest BCUT2D eigenvalue weighted by molar-refractivity contribution is 5.86. The Kier molecular flexibility index (Phi) is 4.80. The Morgan fingerprint density at radius 3 is 2.10 bits per heavy atom. The summed E-state index contributed by atoms with van der Waals surface area (Å²) < 4.78 is 11.2. The highest BCUT2D eigenvalue weighted by Gasteiger charge is 2.32. The van der Waals surface area contributed by atoms with Crippen molar-refractivity contribution in [2.75, 3.05) is 20.8 Å². The Morgan fingerprint density at radius 1 is 0.800 bits per heavy atom. The number of ether oxygens (including phenoxy) is 2. The van der Waals surface area contributed by atoms with E-state index in [4.69, 9.17) is 9.47 Å². The number of rotatable bonds is 4. The van der Waals surface area contributed by atoms with Crippen molar-refractivity contribution in [3.63, 3.8) is 0 Å². The molecule has 2 heterocycles. The highest BCUT2D eigenvalue weighted by atomic mass is 16.5. The molecule has 150 valence electrons. The van der Waals surface area contributed by atoms with Crippen molar-refractivity contribution in [1.82, 2.24) is 4.90 Å². The maximum absolute atomic E-state index is 5.63. The zero-order valence-electron chi connectivity index (χ0n) is 17.3. The predicted octanol–water partition coefficient (Wildman–Crippen LogP) is 5.74. The number of allylic oxidation sites excluding steroid dienone is 2. The fourth-order valence-electron chi connectivity index (χ4n) is 4.54. The molecule has 2 aliphatic rings. The van der Waals surface area contributed by atoms with Crippen molar-refractivity contribution in [3.8, 4) is 11.5 Å². The smallest absolute Gasteiger partial charge is 0.161 e. The van der Waals surface area contributed by atoms with Gasteiger partial charge in [-0.2, -0.15) is 0 Å². The molecule has 1 unspecified atom stereocenters. The summed E-state index contributed by atoms with van der Waals surface area (Å²) in [7, 11) is 3.40. The first-order chi connectivity index (χ1) is 14.8. The lowest BCUT2D eigenvalue weighted by atomic mass is 9.85. The normalized spacial score (nSPS) is 17.4. The average Bonchev–Trinajstić information content (AvgIpc) is 2.83. The largest absolute Gasteiger partial charge is 0.493 e. The number of hydrogen-bond acceptors (Lipinski definition) is 3. The van der Waals surface area contributed by atoms with Crippen LogP contribution in [-0.2, 0) is 6.42 Å². The molecule has 3 heteroatoms. The third kappa shape index (κ3) is 3.17. The van der Waals surface area contributed by atoms with Crippen molar-refractivity contribution < 1.29 is 9.47 Å². The SMILES string of the molecule is COc1cc2c(cc1OC)C1C=C(c3ccccc3)C=C(c3ccccc3)N1CC2. The van der Waals surface area contributed by atoms with Gasteiger partial charge in [-0.15, -0.1) is 0 Å². The maximum Gasteiger partial charge on any atom is 0.161 e. The molecule has 0 aliphatic carbocycles. The Bertz CT molecular complexity index is 1120. The Hall–Kier alpha value is -3.46. The molecule has 0 spiro atoms. The van der Waals surface area contributed by atoms with E-state index in [0.717, 1.165) is 24.5 Å². The first kappa shape index (κ1) is 18.6. The number of nitrogens with zero attached hydrogens (tertiary/aromatic N) is 1. The Morgan fingerprint density at radius 2 is 1.43 bits per heavy atom. The summed E-state index contributed by atoms with van der Waals surface area (Å²) in [6, 6.07) is 25.7. The van der Waals surface area contributed by atoms with E-state index in [1.807, 2.05) is 0 Å². The molecule has 3 aromatic carbocycles. The zero-order chi connectivity index (χ0) is 20.5. The van der Waals surface area contributed by atoms with Crippen LogP contribution in [0.5, 0.6) is 11.5 Å². The summed E-state index contributed by atoms with van der Waals surface area (Å²) in [6.07, 6.45) is 5.68. The average molecular weight is 396 g/mol. The van der Waals surface area contributed by atoms with Crippen LogP contribution < -0.4 is 9.47 Å². The van der Waals surface area contributed by atoms with Gasteiger partial charge in [0.05, 0.1) is 20.3 Å². The van der Waals surface area contributed by atoms with Gasteiger partial charge in [-0.1, -0.05) is 60.7 Å². The van der Waals surface area contributed by atoms with E-state index in [0.29, 0.717) is 0 Å². The van der Waals surface area contributed by atoms with Crippen molar-refractivity contribution in [2.24, 2.45) is 0 Å². The summed E-state index contributed by atoms with van der Waals surface area (Å²) in [6.45, 7) is 0.965. The van der Waals surface area contributed by atoms with E-state index in [9.17, 15) is 0 Å². The minimum atomic E-state index is 0.156. The van der Waals surface area contributed by atoms with E-state index in [1.165, 1.54) is 33.5 Å². The molecule has 2 aliphatic heterocycles. The number of methoxy groups -OCH3 is 2. The van der Waals surface area contributed by atoms with Crippen molar-refractivity contribution >= 4 is 11.3 Å². The van der Waals surface area contributed by atoms with Crippen LogP contribution in [0.15, 0.2) is 84.9 Å². The lowest BCUT2D eigenvalue weighted by Gasteiger charge is -2.42. The van der Waals surface area contributed by atoms with Crippen molar-refractivity contribution in [3.05, 3.63) is 107 Å². The van der Waals surface area contributed by atoms with Crippen molar-refractivity contribution in [2.45, 2.75) is 12.5 Å². The summed E-state index contributed by atoms with van der Waals surface area (Å²) >= 11 is 0. The molecule has 3 nitrogen and oxygen atoms in total. The van der Waals surface area contributed by atoms with Crippen LogP contribution in [0, 0.1) is 0 Å². The lowest BCUT2D eigenvalue weighted by Crippen LogP contribution is -2.35. The second-order valence-corrected chi connectivity index (χ2v) is 7.68. The minimum absolute atomic E-state index is 0.156. The molecule has 1 atom stereocenters. The van der Waals surface area contributed by atoms with Crippen LogP contribution >= 0.6 is 0 Å². The maximum atomic E-state index is 5.63. The molecule has 0 radical (unpaired) electrons. The van der Waals surface area contributed by atoms with Crippen molar-refractivity contribution in [1.29, 1.82) is 0 Å². The van der Waals surface area contributed by atoms with Gasteiger partial charge in [-0.25, -0.2) is 0 Å². The third-order valence-corrected chi connectivity index (χ3v) is 6.04. The first-order valence-corrected chi connectivity index (χ1v) is 10.3. The second-order valence-electron chi connectivity index (χ2n) is 7.68. The summed E-state index contributed by atoms with van der Waals surface area (Å²) in [5.41, 5.74) is 7.60. The van der Waals surface area contributed by atoms with Gasteiger partial charge in [-0.05, 0) is 58.5 Å². The van der Waals surface area contributed by atoms with Gasteiger partial charge < -0.3 is 14.4 Å². The van der Waals surface area contributed by atoms with Crippen LogP contribution in [-0.4, -0.2) is 25.7 Å². The van der Waals surface area contributed by atoms with E-state index in [-0.39, 0.29) is 6.04 Å². The van der Waals surface area contributed by atoms with Gasteiger partial charge in [-0.3, -0.25) is 0 Å². The van der Waals surface area contributed by atoms with Crippen LogP contribution in [0.2, 0.25) is 0 Å². The van der Waals surface area contributed by atoms with E-state index in [1.54, 1.807) is 14.2 Å². The third-order valence-electron chi connectivity index (χ3n) is 6.04. The lowest BCUT2D eigenvalue weighted by molar-refractivity contribution is 0.317. The molecule has 0 amide bonds. The minimum Gasteiger partial charge on any atom is -0.493 e. The molecule has 30 heavy (non-hydrogen) atoms. The standard InChI is InChI=1S/C27H25NO2/c1-29-26-17-21-13-14-28-24(20-11-7-4-8-12-20)15-22(19-9-5-3-6-10-19)16-25(28)23(21)18-27(26)30-2/h3-12,15-18,25H,13-14H2,1-2H3. The van der Waals surface area contributed by atoms with Crippen LogP contribution in [0.4, 0.5) is 0 Å². The highest BCUT2D eigenvalue weighted by Crippen LogP contribution is 2.45. The van der Waals surface area contributed by atoms with E-state index >= 15 is 0 Å². The molecule has 5 rings (SSSR count). The summed E-state index contributed by atoms with van der Waals surface area (Å²) in [4.78, 5) is 2.51. The topological polar surface area (TPSA) is 21.7 Å². The van der Waals surface area contributed by atoms with Gasteiger partial charge in [0.25, 0.3) is 0 Å². The molecule has 0 fully saturated rings. The molecule has 0 aromatic heterocycles. The van der Waals surface area contributed by atoms with Gasteiger partial charge in [0, 0.05) is 12.2 Å². The number of hydrogen-bond donors (Lipinski definition) is 0. The quantitative estimate of drug-likeness (QED) is 0.562. The Labute approximate surface area is 177 Å². The van der Waals surface area contributed by atoms with E-state index < -0.39 is 0 Å². The second kappa shape index (κ2) is 7.75. The summed E-state index contributed by atoms with van der Waals surface area (Å²) in [5.74, 6) is 1.58. The molecule has 0 saturated carbocycles. The van der Waals surface area contributed by atoms with Crippen LogP contribution in [0.3, 0.4) is 0 Å². The molecular formula is C27H25NO2.